The van der Waals surface area contributed by atoms with E-state index >= 15 is 0 Å². The molecule has 1 amide bonds. The summed E-state index contributed by atoms with van der Waals surface area (Å²) in [6.07, 6.45) is 0.753. The minimum absolute atomic E-state index is 0.0679. The van der Waals surface area contributed by atoms with Gasteiger partial charge in [-0.05, 0) is 48.6 Å². The van der Waals surface area contributed by atoms with Crippen molar-refractivity contribution in [2.24, 2.45) is 0 Å². The average Bonchev–Trinajstić information content (AvgIpc) is 3.29. The van der Waals surface area contributed by atoms with Crippen molar-refractivity contribution in [2.45, 2.75) is 13.3 Å². The number of carbonyl (C=O) groups excluding carboxylic acids is 1. The summed E-state index contributed by atoms with van der Waals surface area (Å²) in [6, 6.07) is 13.1. The van der Waals surface area contributed by atoms with Gasteiger partial charge in [0.15, 0.2) is 10.9 Å². The summed E-state index contributed by atoms with van der Waals surface area (Å²) in [5.41, 5.74) is 1.54. The quantitative estimate of drug-likeness (QED) is 0.485. The monoisotopic (exact) mass is 426 g/mol. The Labute approximate surface area is 174 Å². The topological polar surface area (TPSA) is 84.2 Å². The second-order valence-corrected chi connectivity index (χ2v) is 7.40. The van der Waals surface area contributed by atoms with E-state index in [2.05, 4.69) is 25.9 Å². The number of anilines is 1. The maximum absolute atomic E-state index is 13.7. The summed E-state index contributed by atoms with van der Waals surface area (Å²) in [7, 11) is 0. The van der Waals surface area contributed by atoms with E-state index in [0.717, 1.165) is 27.8 Å². The number of hydrogen-bond acceptors (Lipinski definition) is 6. The molecule has 2 N–H and O–H groups in total. The molecule has 2 aromatic carbocycles. The number of nitrogens with zero attached hydrogens (tertiary/aromatic N) is 4. The lowest BCUT2D eigenvalue weighted by atomic mass is 10.2. The Kier molecular flexibility index (Phi) is 5.28. The van der Waals surface area contributed by atoms with Crippen molar-refractivity contribution in [1.29, 1.82) is 0 Å². The summed E-state index contributed by atoms with van der Waals surface area (Å²) in [5, 5.41) is 19.1. The predicted octanol–water partition coefficient (Wildman–Crippen LogP) is 3.68. The van der Waals surface area contributed by atoms with Crippen LogP contribution >= 0.6 is 23.6 Å². The van der Waals surface area contributed by atoms with Crippen LogP contribution in [0.1, 0.15) is 23.1 Å². The number of nitrogens with one attached hydrogen (secondary N) is 2. The van der Waals surface area contributed by atoms with Crippen molar-refractivity contribution in [3.8, 4) is 10.6 Å². The maximum Gasteiger partial charge on any atom is 0.260 e. The van der Waals surface area contributed by atoms with Crippen molar-refractivity contribution < 1.29 is 9.18 Å². The van der Waals surface area contributed by atoms with Gasteiger partial charge in [0, 0.05) is 17.7 Å². The van der Waals surface area contributed by atoms with Gasteiger partial charge < -0.3 is 5.32 Å². The van der Waals surface area contributed by atoms with E-state index in [-0.39, 0.29) is 10.7 Å². The first-order valence-electron chi connectivity index (χ1n) is 8.73. The third-order valence-corrected chi connectivity index (χ3v) is 5.26. The first-order valence-corrected chi connectivity index (χ1v) is 9.96. The van der Waals surface area contributed by atoms with Crippen LogP contribution in [0.25, 0.3) is 15.5 Å². The molecule has 146 valence electrons. The first kappa shape index (κ1) is 19.1. The second kappa shape index (κ2) is 8.02. The van der Waals surface area contributed by atoms with E-state index in [1.54, 1.807) is 10.6 Å². The van der Waals surface area contributed by atoms with Gasteiger partial charge >= 0.3 is 0 Å². The molecule has 0 unspecified atom stereocenters. The summed E-state index contributed by atoms with van der Waals surface area (Å²) in [5.74, 6) is -0.395. The van der Waals surface area contributed by atoms with Crippen LogP contribution in [0.2, 0.25) is 0 Å². The molecule has 2 aromatic heterocycles. The van der Waals surface area contributed by atoms with Gasteiger partial charge in [0.1, 0.15) is 10.8 Å². The minimum atomic E-state index is -0.608. The number of benzene rings is 2. The summed E-state index contributed by atoms with van der Waals surface area (Å²) < 4.78 is 15.4. The predicted molar refractivity (Wildman–Crippen MR) is 114 cm³/mol. The maximum atomic E-state index is 13.7. The van der Waals surface area contributed by atoms with Crippen LogP contribution in [0.3, 0.4) is 0 Å². The number of halogens is 1. The highest BCUT2D eigenvalue weighted by Gasteiger charge is 2.13. The lowest BCUT2D eigenvalue weighted by molar-refractivity contribution is 0.0974. The van der Waals surface area contributed by atoms with Crippen molar-refractivity contribution in [1.82, 2.24) is 25.1 Å². The van der Waals surface area contributed by atoms with E-state index in [4.69, 9.17) is 12.2 Å². The summed E-state index contributed by atoms with van der Waals surface area (Å²) in [4.78, 5) is 12.9. The van der Waals surface area contributed by atoms with Gasteiger partial charge in [-0.25, -0.2) is 4.39 Å². The Morgan fingerprint density at radius 1 is 1.17 bits per heavy atom. The lowest BCUT2D eigenvalue weighted by Gasteiger charge is -2.10. The largest absolute Gasteiger partial charge is 0.332 e. The standard InChI is InChI=1S/C19H15FN6OS2/c1-2-15-23-24-19-26(15)25-17(29-19)11-7-9-12(10-8-11)21-18(28)22-16(27)13-5-3-4-6-14(13)20/h3-10H,2H2,1H3,(H2,21,22,27,28). The van der Waals surface area contributed by atoms with Crippen LogP contribution in [0.15, 0.2) is 48.5 Å². The molecule has 10 heteroatoms. The Balaban J connectivity index is 1.43. The van der Waals surface area contributed by atoms with Gasteiger partial charge in [0.25, 0.3) is 5.91 Å². The van der Waals surface area contributed by atoms with Crippen LogP contribution in [0, 0.1) is 5.82 Å². The third-order valence-electron chi connectivity index (χ3n) is 4.11. The van der Waals surface area contributed by atoms with Gasteiger partial charge in [0.05, 0.1) is 5.56 Å². The number of aryl methyl sites for hydroxylation is 1. The average molecular weight is 427 g/mol. The number of amides is 1. The molecule has 4 aromatic rings. The highest BCUT2D eigenvalue weighted by molar-refractivity contribution is 7.80. The molecule has 0 atom stereocenters. The van der Waals surface area contributed by atoms with Gasteiger partial charge in [-0.1, -0.05) is 30.4 Å². The molecule has 2 heterocycles. The van der Waals surface area contributed by atoms with Crippen LogP contribution in [0.4, 0.5) is 10.1 Å². The molecular formula is C19H15FN6OS2. The molecule has 0 aliphatic heterocycles. The Hall–Kier alpha value is -3.24. The van der Waals surface area contributed by atoms with E-state index in [1.165, 1.54) is 29.5 Å². The Morgan fingerprint density at radius 2 is 1.93 bits per heavy atom. The van der Waals surface area contributed by atoms with E-state index in [0.29, 0.717) is 5.69 Å². The molecule has 0 spiro atoms. The first-order chi connectivity index (χ1) is 14.0. The molecular weight excluding hydrogens is 411 g/mol. The zero-order valence-corrected chi connectivity index (χ0v) is 16.9. The minimum Gasteiger partial charge on any atom is -0.332 e. The van der Waals surface area contributed by atoms with Gasteiger partial charge in [-0.15, -0.1) is 10.2 Å². The number of thiocarbonyl (C=S) groups is 1. The van der Waals surface area contributed by atoms with Crippen molar-refractivity contribution in [3.05, 3.63) is 65.7 Å². The molecule has 0 aliphatic rings. The molecule has 0 saturated heterocycles. The summed E-state index contributed by atoms with van der Waals surface area (Å²) >= 11 is 6.60. The molecule has 0 saturated carbocycles. The fourth-order valence-corrected chi connectivity index (χ4v) is 3.74. The molecule has 7 nitrogen and oxygen atoms in total. The van der Waals surface area contributed by atoms with Crippen LogP contribution in [-0.4, -0.2) is 30.8 Å². The molecule has 29 heavy (non-hydrogen) atoms. The fourth-order valence-electron chi connectivity index (χ4n) is 2.67. The highest BCUT2D eigenvalue weighted by atomic mass is 32.1. The van der Waals surface area contributed by atoms with Gasteiger partial charge in [-0.3, -0.25) is 10.1 Å². The van der Waals surface area contributed by atoms with Crippen LogP contribution in [-0.2, 0) is 6.42 Å². The van der Waals surface area contributed by atoms with Crippen molar-refractivity contribution in [3.63, 3.8) is 0 Å². The smallest absolute Gasteiger partial charge is 0.260 e. The number of hydrogen-bond donors (Lipinski definition) is 2. The Morgan fingerprint density at radius 3 is 2.66 bits per heavy atom. The van der Waals surface area contributed by atoms with Crippen molar-refractivity contribution >= 4 is 45.2 Å². The van der Waals surface area contributed by atoms with Gasteiger partial charge in [0.2, 0.25) is 4.96 Å². The SMILES string of the molecule is CCc1nnc2sc(-c3ccc(NC(=S)NC(=O)c4ccccc4F)cc3)nn12. The van der Waals surface area contributed by atoms with E-state index in [1.807, 2.05) is 31.2 Å². The summed E-state index contributed by atoms with van der Waals surface area (Å²) in [6.45, 7) is 2.00. The Bertz CT molecular complexity index is 1200. The zero-order valence-electron chi connectivity index (χ0n) is 15.2. The third kappa shape index (κ3) is 3.98. The number of fused-ring (bicyclic) bond motifs is 1. The second-order valence-electron chi connectivity index (χ2n) is 6.04. The van der Waals surface area contributed by atoms with Gasteiger partial charge in [-0.2, -0.15) is 9.61 Å². The number of aromatic nitrogens is 4. The molecule has 0 radical (unpaired) electrons. The van der Waals surface area contributed by atoms with Crippen LogP contribution < -0.4 is 10.6 Å². The normalized spacial score (nSPS) is 10.8. The molecule has 0 bridgehead atoms. The number of carbonyl (C=O) groups is 1. The van der Waals surface area contributed by atoms with E-state index in [9.17, 15) is 9.18 Å². The van der Waals surface area contributed by atoms with Crippen LogP contribution in [0.5, 0.6) is 0 Å². The van der Waals surface area contributed by atoms with Crippen molar-refractivity contribution in [2.75, 3.05) is 5.32 Å². The molecule has 0 fully saturated rings. The molecule has 4 rings (SSSR count). The zero-order chi connectivity index (χ0) is 20.4. The van der Waals surface area contributed by atoms with E-state index < -0.39 is 11.7 Å². The number of rotatable bonds is 4. The highest BCUT2D eigenvalue weighted by Crippen LogP contribution is 2.26. The fraction of sp³-hybridized carbons (Fsp3) is 0.105. The lowest BCUT2D eigenvalue weighted by Crippen LogP contribution is -2.34. The molecule has 0 aliphatic carbocycles.